The number of hydrogen-bond donors (Lipinski definition) is 6. The molecule has 768 valence electrons. The normalized spacial score (nSPS) is 14.7. The first-order chi connectivity index (χ1) is 63.4. The predicted molar refractivity (Wildman–Crippen MR) is 544 cm³/mol. The summed E-state index contributed by atoms with van der Waals surface area (Å²) in [5.74, 6) is -0.841. The van der Waals surface area contributed by atoms with Crippen LogP contribution in [0.5, 0.6) is 0 Å². The van der Waals surface area contributed by atoms with E-state index in [4.69, 9.17) is 18.9 Å². The van der Waals surface area contributed by atoms with Crippen LogP contribution in [0.2, 0.25) is 0 Å². The van der Waals surface area contributed by atoms with Crippen LogP contribution in [-0.4, -0.2) is 166 Å². The van der Waals surface area contributed by atoms with E-state index in [0.29, 0.717) is 155 Å². The van der Waals surface area contributed by atoms with Crippen molar-refractivity contribution in [2.45, 2.75) is 643 Å². The van der Waals surface area contributed by atoms with Crippen molar-refractivity contribution in [3.63, 3.8) is 0 Å². The lowest BCUT2D eigenvalue weighted by Crippen LogP contribution is -2.61. The monoisotopic (exact) mass is 1840 g/mol. The number of esters is 4. The van der Waals surface area contributed by atoms with Crippen molar-refractivity contribution in [2.24, 2.45) is 0 Å². The van der Waals surface area contributed by atoms with E-state index in [1.54, 1.807) is 0 Å². The van der Waals surface area contributed by atoms with Gasteiger partial charge in [-0.3, -0.25) is 38.6 Å². The molecule has 0 aromatic carbocycles. The summed E-state index contributed by atoms with van der Waals surface area (Å²) in [6.45, 7) is 20.6. The molecular formula is C112H216N4O14. The quantitative estimate of drug-likeness (QED) is 0.0188. The van der Waals surface area contributed by atoms with Crippen LogP contribution in [0.4, 0.5) is 0 Å². The molecule has 0 radical (unpaired) electrons. The summed E-state index contributed by atoms with van der Waals surface area (Å²) in [6.07, 6.45) is 79.8. The Balaban J connectivity index is 3.12. The van der Waals surface area contributed by atoms with Crippen molar-refractivity contribution in [1.82, 2.24) is 20.4 Å². The number of hydrogen-bond acceptors (Lipinski definition) is 16. The number of aliphatic hydroxyl groups excluding tert-OH is 4. The Hall–Kier alpha value is -3.42. The number of carbonyl (C=O) groups is 6. The summed E-state index contributed by atoms with van der Waals surface area (Å²) in [7, 11) is 0. The fraction of sp³-hybridized carbons (Fsp3) is 0.946. The summed E-state index contributed by atoms with van der Waals surface area (Å²) in [4.78, 5) is 85.0. The predicted octanol–water partition coefficient (Wildman–Crippen LogP) is 28.8. The Labute approximate surface area is 801 Å². The van der Waals surface area contributed by atoms with E-state index >= 15 is 0 Å². The van der Waals surface area contributed by atoms with Gasteiger partial charge in [-0.15, -0.1) is 0 Å². The van der Waals surface area contributed by atoms with Crippen LogP contribution in [0.25, 0.3) is 0 Å². The molecule has 0 bridgehead atoms. The van der Waals surface area contributed by atoms with E-state index in [2.05, 4.69) is 75.8 Å². The molecule has 1 aliphatic heterocycles. The second-order valence-corrected chi connectivity index (χ2v) is 40.5. The second-order valence-electron chi connectivity index (χ2n) is 40.5. The van der Waals surface area contributed by atoms with Crippen LogP contribution < -0.4 is 10.6 Å². The largest absolute Gasteiger partial charge is 0.462 e. The molecule has 0 saturated carbocycles. The van der Waals surface area contributed by atoms with E-state index in [1.165, 1.54) is 257 Å². The first-order valence-corrected chi connectivity index (χ1v) is 57.0. The Morgan fingerprint density at radius 1 is 0.231 bits per heavy atom. The molecule has 130 heavy (non-hydrogen) atoms. The zero-order valence-electron chi connectivity index (χ0n) is 86.8. The van der Waals surface area contributed by atoms with Crippen LogP contribution in [0.3, 0.4) is 0 Å². The molecule has 1 fully saturated rings. The van der Waals surface area contributed by atoms with E-state index in [9.17, 15) is 49.2 Å². The maximum absolute atomic E-state index is 13.8. The number of piperazine rings is 1. The minimum Gasteiger partial charge on any atom is -0.462 e. The molecule has 6 N–H and O–H groups in total. The van der Waals surface area contributed by atoms with Crippen LogP contribution in [0.1, 0.15) is 582 Å². The van der Waals surface area contributed by atoms with Crippen molar-refractivity contribution in [2.75, 3.05) is 39.3 Å². The molecule has 1 heterocycles. The molecule has 1 saturated heterocycles. The number of rotatable bonds is 102. The summed E-state index contributed by atoms with van der Waals surface area (Å²) >= 11 is 0. The minimum absolute atomic E-state index is 0.0121. The third kappa shape index (κ3) is 79.6. The van der Waals surface area contributed by atoms with Crippen molar-refractivity contribution in [3.8, 4) is 0 Å². The van der Waals surface area contributed by atoms with Crippen molar-refractivity contribution in [1.29, 1.82) is 0 Å². The molecule has 1 rings (SSSR count). The molecule has 0 aromatic heterocycles. The Bertz CT molecular complexity index is 2150. The maximum Gasteiger partial charge on any atom is 0.306 e. The van der Waals surface area contributed by atoms with E-state index in [-0.39, 0.29) is 60.1 Å². The highest BCUT2D eigenvalue weighted by molar-refractivity contribution is 5.96. The zero-order chi connectivity index (χ0) is 94.9. The molecule has 6 atom stereocenters. The molecule has 0 spiro atoms. The van der Waals surface area contributed by atoms with Gasteiger partial charge in [0, 0.05) is 51.9 Å². The number of nitrogens with one attached hydrogen (secondary N) is 2. The van der Waals surface area contributed by atoms with Gasteiger partial charge in [0.2, 0.25) is 11.8 Å². The molecule has 18 nitrogen and oxygen atoms in total. The Morgan fingerprint density at radius 3 is 0.577 bits per heavy atom. The van der Waals surface area contributed by atoms with Crippen LogP contribution >= 0.6 is 0 Å². The smallest absolute Gasteiger partial charge is 0.306 e. The zero-order valence-corrected chi connectivity index (χ0v) is 86.8. The molecule has 2 amide bonds. The van der Waals surface area contributed by atoms with Gasteiger partial charge in [0.25, 0.3) is 0 Å². The van der Waals surface area contributed by atoms with Crippen LogP contribution in [-0.2, 0) is 47.7 Å². The standard InChI is InChI=1S/C112H216N4O14/c1-9-17-25-33-41-57-77-101(78-58-42-34-26-18-10-2)127-107(121)87-65-49-53-73-97(117)93-115(94-98(118)74-54-50-66-88-108(122)128-102(79-59-43-35-27-19-11-3)80-60-44-36-28-20-12-4)91-71-69-85-105-111(125)114-106(112(126)113-105)86-70-72-92-116(95-99(119)75-55-51-67-89-109(123)129-103(81-61-45-37-29-21-13-5)82-62-46-38-30-22-14-6)96-100(120)76-56-52-68-90-110(124)130-104(83-63-47-39-31-23-15-7)84-64-48-40-32-24-16-8/h97-106,117-120H,9-96H2,1-8H3,(H,113,126)(H,114,125)/t97?,98?,99?,100?,105-,106-/m0/s1. The molecule has 18 heteroatoms. The highest BCUT2D eigenvalue weighted by atomic mass is 16.6. The third-order valence-corrected chi connectivity index (χ3v) is 27.5. The summed E-state index contributed by atoms with van der Waals surface area (Å²) in [5.41, 5.74) is 0. The fourth-order valence-electron chi connectivity index (χ4n) is 19.1. The summed E-state index contributed by atoms with van der Waals surface area (Å²) < 4.78 is 24.6. The second kappa shape index (κ2) is 93.2. The van der Waals surface area contributed by atoms with Gasteiger partial charge in [0.05, 0.1) is 24.4 Å². The average molecular weight is 1840 g/mol. The van der Waals surface area contributed by atoms with Gasteiger partial charge in [-0.05, 0) is 206 Å². The highest BCUT2D eigenvalue weighted by Crippen LogP contribution is 2.26. The van der Waals surface area contributed by atoms with Crippen molar-refractivity contribution in [3.05, 3.63) is 0 Å². The Kier molecular flexibility index (Phi) is 89.4. The SMILES string of the molecule is CCCCCCCCC(CCCCCCCC)OC(=O)CCCCCC(O)CN(CCCC[C@@H]1NC(=O)[C@H](CCCCN(CC(O)CCCCCC(=O)OC(CCCCCCCC)CCCCCCCC)CC(O)CCCCCC(=O)OC(CCCCCCCC)CCCCCCCC)NC1=O)CC(O)CCCCCC(=O)OC(CCCCCCCC)CCCCCCCC. The molecule has 0 aromatic rings. The average Bonchev–Trinajstić information content (AvgIpc) is 0.844. The molecule has 0 aliphatic carbocycles. The van der Waals surface area contributed by atoms with Crippen molar-refractivity contribution < 1.29 is 68.1 Å². The molecular weight excluding hydrogens is 1630 g/mol. The van der Waals surface area contributed by atoms with Gasteiger partial charge in [0.1, 0.15) is 36.5 Å². The number of nitrogens with zero attached hydrogens (tertiary/aromatic N) is 2. The van der Waals surface area contributed by atoms with E-state index in [0.717, 1.165) is 154 Å². The number of ether oxygens (including phenoxy) is 4. The number of aliphatic hydroxyl groups is 4. The maximum atomic E-state index is 13.8. The van der Waals surface area contributed by atoms with Crippen molar-refractivity contribution >= 4 is 35.7 Å². The minimum atomic E-state index is -0.680. The number of amides is 2. The molecule has 4 unspecified atom stereocenters. The lowest BCUT2D eigenvalue weighted by atomic mass is 10.0. The third-order valence-electron chi connectivity index (χ3n) is 27.5. The Morgan fingerprint density at radius 2 is 0.392 bits per heavy atom. The van der Waals surface area contributed by atoms with E-state index in [1.807, 2.05) is 0 Å². The lowest BCUT2D eigenvalue weighted by molar-refractivity contribution is -0.151. The lowest BCUT2D eigenvalue weighted by Gasteiger charge is -2.31. The highest BCUT2D eigenvalue weighted by Gasteiger charge is 2.33. The number of carbonyl (C=O) groups excluding carboxylic acids is 6. The van der Waals surface area contributed by atoms with E-state index < -0.39 is 36.5 Å². The number of unbranched alkanes of at least 4 members (excludes halogenated alkanes) is 50. The van der Waals surface area contributed by atoms with Crippen LogP contribution in [0.15, 0.2) is 0 Å². The topological polar surface area (TPSA) is 251 Å². The van der Waals surface area contributed by atoms with Gasteiger partial charge in [-0.2, -0.15) is 0 Å². The first kappa shape index (κ1) is 125. The first-order valence-electron chi connectivity index (χ1n) is 57.0. The molecule has 1 aliphatic rings. The van der Waals surface area contributed by atoms with Crippen LogP contribution in [0, 0.1) is 0 Å². The van der Waals surface area contributed by atoms with Gasteiger partial charge >= 0.3 is 23.9 Å². The van der Waals surface area contributed by atoms with Gasteiger partial charge in [-0.1, -0.05) is 364 Å². The van der Waals surface area contributed by atoms with Gasteiger partial charge in [-0.25, -0.2) is 0 Å². The fourth-order valence-corrected chi connectivity index (χ4v) is 19.1. The summed E-state index contributed by atoms with van der Waals surface area (Å²) in [6, 6.07) is -1.36. The van der Waals surface area contributed by atoms with Gasteiger partial charge < -0.3 is 50.0 Å². The van der Waals surface area contributed by atoms with Gasteiger partial charge in [0.15, 0.2) is 0 Å². The summed E-state index contributed by atoms with van der Waals surface area (Å²) in [5, 5.41) is 52.5.